The second kappa shape index (κ2) is 15.0. The predicted octanol–water partition coefficient (Wildman–Crippen LogP) is 3.35. The van der Waals surface area contributed by atoms with Gasteiger partial charge in [0.25, 0.3) is 0 Å². The van der Waals surface area contributed by atoms with Gasteiger partial charge in [-0.15, -0.1) is 0 Å². The fourth-order valence-corrected chi connectivity index (χ4v) is 3.79. The lowest BCUT2D eigenvalue weighted by Gasteiger charge is -2.37. The Morgan fingerprint density at radius 1 is 0.892 bits per heavy atom. The Hall–Kier alpha value is -2.58. The molecule has 0 amide bonds. The Morgan fingerprint density at radius 2 is 1.38 bits per heavy atom. The number of hydrogen-bond acceptors (Lipinski definition) is 6. The van der Waals surface area contributed by atoms with Gasteiger partial charge in [0.05, 0.1) is 6.61 Å². The highest BCUT2D eigenvalue weighted by Crippen LogP contribution is 2.21. The molecule has 2 saturated heterocycles. The molecule has 0 saturated carbocycles. The number of hydrogen-bond donors (Lipinski definition) is 2. The SMILES string of the molecule is COCCN1CCC(CN2CCN(c3ccc(C)cc3)CC2)C1.O=C(O)C(F)(F)F.O=C(O)C(F)(F)F. The molecule has 2 aliphatic heterocycles. The van der Waals surface area contributed by atoms with E-state index in [0.29, 0.717) is 0 Å². The van der Waals surface area contributed by atoms with Gasteiger partial charge in [-0.3, -0.25) is 4.90 Å². The Balaban J connectivity index is 0.000000404. The van der Waals surface area contributed by atoms with E-state index in [1.807, 2.05) is 0 Å². The number of likely N-dealkylation sites (tertiary alicyclic amines) is 1. The van der Waals surface area contributed by atoms with Gasteiger partial charge in [-0.25, -0.2) is 9.59 Å². The van der Waals surface area contributed by atoms with Crippen molar-refractivity contribution in [3.63, 3.8) is 0 Å². The summed E-state index contributed by atoms with van der Waals surface area (Å²) in [6.45, 7) is 12.6. The monoisotopic (exact) mass is 545 g/mol. The normalized spacial score (nSPS) is 18.9. The van der Waals surface area contributed by atoms with Gasteiger partial charge in [0.2, 0.25) is 0 Å². The minimum atomic E-state index is -5.08. The number of piperazine rings is 1. The highest BCUT2D eigenvalue weighted by atomic mass is 19.4. The topological polar surface area (TPSA) is 93.5 Å². The van der Waals surface area contributed by atoms with Crippen molar-refractivity contribution in [3.8, 4) is 0 Å². The molecule has 3 rings (SSSR count). The smallest absolute Gasteiger partial charge is 0.475 e. The standard InChI is InChI=1S/C19H31N3O.2C2HF3O2/c1-17-3-5-19(6-4-17)22-11-9-21(10-12-22)16-18-7-8-20(15-18)13-14-23-2;2*3-2(4,5)1(6)7/h3-6,18H,7-16H2,1-2H3;2*(H,6,7). The van der Waals surface area contributed by atoms with Gasteiger partial charge < -0.3 is 24.7 Å². The maximum Gasteiger partial charge on any atom is 0.490 e. The Labute approximate surface area is 211 Å². The minimum Gasteiger partial charge on any atom is -0.475 e. The summed E-state index contributed by atoms with van der Waals surface area (Å²) in [6, 6.07) is 8.95. The number of methoxy groups -OCH3 is 1. The van der Waals surface area contributed by atoms with E-state index in [2.05, 4.69) is 45.9 Å². The number of ether oxygens (including phenoxy) is 1. The van der Waals surface area contributed by atoms with Crippen molar-refractivity contribution in [1.29, 1.82) is 0 Å². The number of anilines is 1. The lowest BCUT2D eigenvalue weighted by molar-refractivity contribution is -0.193. The molecule has 1 aromatic rings. The molecule has 0 aromatic heterocycles. The van der Waals surface area contributed by atoms with Gasteiger partial charge in [0.1, 0.15) is 0 Å². The fraction of sp³-hybridized carbons (Fsp3) is 0.652. The molecular weight excluding hydrogens is 512 g/mol. The Bertz CT molecular complexity index is 804. The first-order chi connectivity index (χ1) is 17.1. The lowest BCUT2D eigenvalue weighted by atomic mass is 10.1. The molecule has 1 atom stereocenters. The average Bonchev–Trinajstić information content (AvgIpc) is 3.25. The molecule has 212 valence electrons. The van der Waals surface area contributed by atoms with Gasteiger partial charge in [-0.2, -0.15) is 26.3 Å². The number of rotatable bonds is 6. The summed E-state index contributed by atoms with van der Waals surface area (Å²) in [5.74, 6) is -4.67. The van der Waals surface area contributed by atoms with Crippen LogP contribution in [-0.4, -0.2) is 110 Å². The molecular formula is C23H33F6N3O5. The van der Waals surface area contributed by atoms with Crippen molar-refractivity contribution in [3.05, 3.63) is 29.8 Å². The van der Waals surface area contributed by atoms with Crippen molar-refractivity contribution >= 4 is 17.6 Å². The van der Waals surface area contributed by atoms with Crippen molar-refractivity contribution < 1.29 is 50.9 Å². The number of carbonyl (C=O) groups is 2. The van der Waals surface area contributed by atoms with Crippen molar-refractivity contribution in [1.82, 2.24) is 9.80 Å². The Morgan fingerprint density at radius 3 is 1.81 bits per heavy atom. The molecule has 2 N–H and O–H groups in total. The van der Waals surface area contributed by atoms with Crippen LogP contribution in [0, 0.1) is 12.8 Å². The second-order valence-corrected chi connectivity index (χ2v) is 8.68. The van der Waals surface area contributed by atoms with E-state index in [9.17, 15) is 26.3 Å². The van der Waals surface area contributed by atoms with Crippen molar-refractivity contribution in [2.75, 3.05) is 71.0 Å². The second-order valence-electron chi connectivity index (χ2n) is 8.68. The first kappa shape index (κ1) is 32.4. The van der Waals surface area contributed by atoms with Crippen LogP contribution in [0.5, 0.6) is 0 Å². The first-order valence-corrected chi connectivity index (χ1v) is 11.5. The summed E-state index contributed by atoms with van der Waals surface area (Å²) in [5.41, 5.74) is 2.72. The maximum atomic E-state index is 10.6. The van der Waals surface area contributed by atoms with Crippen LogP contribution < -0.4 is 4.90 Å². The number of halogens is 6. The van der Waals surface area contributed by atoms with Gasteiger partial charge in [0, 0.05) is 58.6 Å². The van der Waals surface area contributed by atoms with E-state index in [1.165, 1.54) is 50.4 Å². The van der Waals surface area contributed by atoms with Crippen LogP contribution in [0.3, 0.4) is 0 Å². The molecule has 8 nitrogen and oxygen atoms in total. The van der Waals surface area contributed by atoms with E-state index < -0.39 is 24.3 Å². The lowest BCUT2D eigenvalue weighted by Crippen LogP contribution is -2.48. The third-order valence-electron chi connectivity index (χ3n) is 5.75. The van der Waals surface area contributed by atoms with Crippen molar-refractivity contribution in [2.45, 2.75) is 25.7 Å². The van der Waals surface area contributed by atoms with Crippen LogP contribution in [-0.2, 0) is 14.3 Å². The van der Waals surface area contributed by atoms with Crippen LogP contribution in [0.1, 0.15) is 12.0 Å². The van der Waals surface area contributed by atoms with Crippen LogP contribution in [0.15, 0.2) is 24.3 Å². The fourth-order valence-electron chi connectivity index (χ4n) is 3.79. The van der Waals surface area contributed by atoms with E-state index in [-0.39, 0.29) is 0 Å². The number of aliphatic carboxylic acids is 2. The summed E-state index contributed by atoms with van der Waals surface area (Å²) >= 11 is 0. The highest BCUT2D eigenvalue weighted by molar-refractivity contribution is 5.73. The van der Waals surface area contributed by atoms with Crippen LogP contribution >= 0.6 is 0 Å². The first-order valence-electron chi connectivity index (χ1n) is 11.5. The third kappa shape index (κ3) is 13.0. The largest absolute Gasteiger partial charge is 0.490 e. The summed E-state index contributed by atoms with van der Waals surface area (Å²) < 4.78 is 68.7. The van der Waals surface area contributed by atoms with E-state index in [4.69, 9.17) is 24.5 Å². The summed E-state index contributed by atoms with van der Waals surface area (Å²) in [7, 11) is 1.79. The van der Waals surface area contributed by atoms with Crippen molar-refractivity contribution in [2.24, 2.45) is 5.92 Å². The van der Waals surface area contributed by atoms with Gasteiger partial charge in [0.15, 0.2) is 0 Å². The number of carboxylic acid groups (broad SMARTS) is 2. The highest BCUT2D eigenvalue weighted by Gasteiger charge is 2.38. The molecule has 2 heterocycles. The van der Waals surface area contributed by atoms with Gasteiger partial charge >= 0.3 is 24.3 Å². The maximum absolute atomic E-state index is 10.6. The number of carboxylic acids is 2. The number of benzene rings is 1. The predicted molar refractivity (Wildman–Crippen MR) is 124 cm³/mol. The molecule has 0 spiro atoms. The van der Waals surface area contributed by atoms with Gasteiger partial charge in [-0.1, -0.05) is 17.7 Å². The summed E-state index contributed by atoms with van der Waals surface area (Å²) in [4.78, 5) is 25.5. The molecule has 1 unspecified atom stereocenters. The van der Waals surface area contributed by atoms with Crippen LogP contribution in [0.2, 0.25) is 0 Å². The quantitative estimate of drug-likeness (QED) is 0.526. The van der Waals surface area contributed by atoms with Crippen LogP contribution in [0.4, 0.5) is 32.0 Å². The van der Waals surface area contributed by atoms with E-state index in [1.54, 1.807) is 7.11 Å². The van der Waals surface area contributed by atoms with Crippen LogP contribution in [0.25, 0.3) is 0 Å². The molecule has 0 aliphatic carbocycles. The third-order valence-corrected chi connectivity index (χ3v) is 5.75. The molecule has 0 radical (unpaired) electrons. The molecule has 37 heavy (non-hydrogen) atoms. The number of aryl methyl sites for hydroxylation is 1. The Kier molecular flexibility index (Phi) is 13.1. The zero-order valence-corrected chi connectivity index (χ0v) is 20.7. The molecule has 2 aliphatic rings. The summed E-state index contributed by atoms with van der Waals surface area (Å²) in [6.07, 6.45) is -8.82. The number of nitrogens with zero attached hydrogens (tertiary/aromatic N) is 3. The van der Waals surface area contributed by atoms with E-state index >= 15 is 0 Å². The average molecular weight is 546 g/mol. The molecule has 14 heteroatoms. The molecule has 0 bridgehead atoms. The minimum absolute atomic E-state index is 0.845. The van der Waals surface area contributed by atoms with E-state index in [0.717, 1.165) is 32.2 Å². The van der Waals surface area contributed by atoms with Gasteiger partial charge in [-0.05, 0) is 37.9 Å². The zero-order valence-electron chi connectivity index (χ0n) is 20.7. The molecule has 2 fully saturated rings. The zero-order chi connectivity index (χ0) is 28.2. The molecule has 1 aromatic carbocycles. The number of alkyl halides is 6. The summed E-state index contributed by atoms with van der Waals surface area (Å²) in [5, 5.41) is 14.2.